The van der Waals surface area contributed by atoms with Crippen molar-refractivity contribution in [2.45, 2.75) is 26.3 Å². The van der Waals surface area contributed by atoms with Crippen LogP contribution in [0.25, 0.3) is 0 Å². The number of anilines is 1. The Morgan fingerprint density at radius 2 is 1.81 bits per heavy atom. The third kappa shape index (κ3) is 3.86. The summed E-state index contributed by atoms with van der Waals surface area (Å²) in [6.07, 6.45) is -0.105. The van der Waals surface area contributed by atoms with Gasteiger partial charge in [-0.2, -0.15) is 0 Å². The first kappa shape index (κ1) is 18.3. The molecule has 0 unspecified atom stereocenters. The molecule has 9 heteroatoms. The van der Waals surface area contributed by atoms with Gasteiger partial charge in [0, 0.05) is 19.0 Å². The molecule has 27 heavy (non-hydrogen) atoms. The number of rotatable bonds is 6. The highest BCUT2D eigenvalue weighted by atomic mass is 16.5. The number of aromatic nitrogens is 1. The Morgan fingerprint density at radius 3 is 2.37 bits per heavy atom. The minimum Gasteiger partial charge on any atom is -0.360 e. The van der Waals surface area contributed by atoms with Crippen LogP contribution < -0.4 is 10.6 Å². The van der Waals surface area contributed by atoms with Crippen LogP contribution in [0.15, 0.2) is 34.9 Å². The maximum absolute atomic E-state index is 12.2. The predicted octanol–water partition coefficient (Wildman–Crippen LogP) is 1.11. The van der Waals surface area contributed by atoms with Crippen molar-refractivity contribution >= 4 is 29.4 Å². The molecule has 0 radical (unpaired) electrons. The minimum absolute atomic E-state index is 0.0605. The van der Waals surface area contributed by atoms with Gasteiger partial charge in [-0.15, -0.1) is 0 Å². The van der Waals surface area contributed by atoms with Crippen molar-refractivity contribution in [1.82, 2.24) is 15.4 Å². The number of imide groups is 1. The molecule has 140 valence electrons. The Hall–Kier alpha value is -3.49. The molecule has 0 saturated carbocycles. The standard InChI is InChI=1S/C18H18N4O5/c1-10-9-14(21-27-10)20-16(24)11(2)19-15(23)7-8-22-17(25)12-5-3-4-6-13(12)18(22)26/h3-6,9,11H,7-8H2,1-2H3,(H,19,23)(H,20,21,24)/t11-/m1/s1. The molecule has 1 aromatic carbocycles. The Bertz CT molecular complexity index is 885. The molecule has 0 aliphatic carbocycles. The first-order valence-electron chi connectivity index (χ1n) is 8.35. The van der Waals surface area contributed by atoms with Crippen LogP contribution >= 0.6 is 0 Å². The number of nitrogens with zero attached hydrogens (tertiary/aromatic N) is 2. The van der Waals surface area contributed by atoms with Gasteiger partial charge in [0.1, 0.15) is 11.8 Å². The van der Waals surface area contributed by atoms with E-state index in [0.717, 1.165) is 4.90 Å². The number of nitrogens with one attached hydrogen (secondary N) is 2. The molecule has 0 saturated heterocycles. The van der Waals surface area contributed by atoms with E-state index >= 15 is 0 Å². The molecule has 2 heterocycles. The first-order valence-corrected chi connectivity index (χ1v) is 8.35. The van der Waals surface area contributed by atoms with Crippen LogP contribution in [0.5, 0.6) is 0 Å². The summed E-state index contributed by atoms with van der Waals surface area (Å²) in [4.78, 5) is 49.7. The summed E-state index contributed by atoms with van der Waals surface area (Å²) in [5.41, 5.74) is 0.664. The maximum atomic E-state index is 12.2. The van der Waals surface area contributed by atoms with Gasteiger partial charge in [-0.25, -0.2) is 0 Å². The lowest BCUT2D eigenvalue weighted by Gasteiger charge is -2.16. The molecule has 0 bridgehead atoms. The highest BCUT2D eigenvalue weighted by molar-refractivity contribution is 6.21. The van der Waals surface area contributed by atoms with Gasteiger partial charge in [0.25, 0.3) is 11.8 Å². The fourth-order valence-electron chi connectivity index (χ4n) is 2.69. The van der Waals surface area contributed by atoms with Gasteiger partial charge in [0.05, 0.1) is 11.1 Å². The monoisotopic (exact) mass is 370 g/mol. The van der Waals surface area contributed by atoms with E-state index < -0.39 is 29.7 Å². The SMILES string of the molecule is Cc1cc(NC(=O)[C@@H](C)NC(=O)CCN2C(=O)c3ccccc3C2=O)no1. The average Bonchev–Trinajstić information content (AvgIpc) is 3.15. The summed E-state index contributed by atoms with van der Waals surface area (Å²) in [6, 6.07) is 7.24. The van der Waals surface area contributed by atoms with Crippen LogP contribution in [0.1, 0.15) is 39.8 Å². The van der Waals surface area contributed by atoms with Gasteiger partial charge in [-0.1, -0.05) is 17.3 Å². The molecule has 0 fully saturated rings. The van der Waals surface area contributed by atoms with Gasteiger partial charge < -0.3 is 15.2 Å². The molecule has 1 aliphatic heterocycles. The van der Waals surface area contributed by atoms with Crippen molar-refractivity contribution in [2.75, 3.05) is 11.9 Å². The molecular formula is C18H18N4O5. The van der Waals surface area contributed by atoms with Crippen molar-refractivity contribution in [3.8, 4) is 0 Å². The van der Waals surface area contributed by atoms with Crippen molar-refractivity contribution in [3.05, 3.63) is 47.2 Å². The fraction of sp³-hybridized carbons (Fsp3) is 0.278. The molecule has 2 N–H and O–H groups in total. The third-order valence-electron chi connectivity index (χ3n) is 4.09. The zero-order valence-corrected chi connectivity index (χ0v) is 14.8. The second-order valence-corrected chi connectivity index (χ2v) is 6.16. The van der Waals surface area contributed by atoms with E-state index in [4.69, 9.17) is 4.52 Å². The van der Waals surface area contributed by atoms with Gasteiger partial charge in [0.2, 0.25) is 11.8 Å². The van der Waals surface area contributed by atoms with Crippen LogP contribution in [0.3, 0.4) is 0 Å². The van der Waals surface area contributed by atoms with Crippen molar-refractivity contribution in [1.29, 1.82) is 0 Å². The number of hydrogen-bond acceptors (Lipinski definition) is 6. The molecule has 1 aliphatic rings. The van der Waals surface area contributed by atoms with Crippen LogP contribution in [0, 0.1) is 6.92 Å². The van der Waals surface area contributed by atoms with E-state index in [0.29, 0.717) is 16.9 Å². The Balaban J connectivity index is 1.50. The number of carbonyl (C=O) groups is 4. The zero-order chi connectivity index (χ0) is 19.6. The van der Waals surface area contributed by atoms with Crippen molar-refractivity contribution < 1.29 is 23.7 Å². The summed E-state index contributed by atoms with van der Waals surface area (Å²) in [5, 5.41) is 8.68. The maximum Gasteiger partial charge on any atom is 0.261 e. The second-order valence-electron chi connectivity index (χ2n) is 6.16. The lowest BCUT2D eigenvalue weighted by molar-refractivity contribution is -0.126. The number of hydrogen-bond donors (Lipinski definition) is 2. The van der Waals surface area contributed by atoms with Crippen molar-refractivity contribution in [2.24, 2.45) is 0 Å². The van der Waals surface area contributed by atoms with Gasteiger partial charge in [0.15, 0.2) is 5.82 Å². The topological polar surface area (TPSA) is 122 Å². The Labute approximate surface area is 154 Å². The summed E-state index contributed by atoms with van der Waals surface area (Å²) in [5.74, 6) is -0.957. The van der Waals surface area contributed by atoms with Gasteiger partial charge >= 0.3 is 0 Å². The summed E-state index contributed by atoms with van der Waals surface area (Å²) in [6.45, 7) is 3.14. The van der Waals surface area contributed by atoms with Crippen LogP contribution in [-0.4, -0.2) is 46.3 Å². The van der Waals surface area contributed by atoms with E-state index in [1.165, 1.54) is 6.92 Å². The number of benzene rings is 1. The lowest BCUT2D eigenvalue weighted by atomic mass is 10.1. The van der Waals surface area contributed by atoms with E-state index in [1.54, 1.807) is 37.3 Å². The number of carbonyl (C=O) groups excluding carboxylic acids is 4. The summed E-state index contributed by atoms with van der Waals surface area (Å²) in [7, 11) is 0. The molecule has 1 atom stereocenters. The quantitative estimate of drug-likeness (QED) is 0.735. The number of amides is 4. The van der Waals surface area contributed by atoms with Crippen molar-refractivity contribution in [3.63, 3.8) is 0 Å². The Morgan fingerprint density at radius 1 is 1.19 bits per heavy atom. The minimum atomic E-state index is -0.823. The molecule has 2 aromatic rings. The van der Waals surface area contributed by atoms with Crippen LogP contribution in [0.2, 0.25) is 0 Å². The summed E-state index contributed by atoms with van der Waals surface area (Å²) < 4.78 is 4.85. The van der Waals surface area contributed by atoms with E-state index in [-0.39, 0.29) is 18.8 Å². The highest BCUT2D eigenvalue weighted by Gasteiger charge is 2.35. The molecule has 1 aromatic heterocycles. The summed E-state index contributed by atoms with van der Waals surface area (Å²) >= 11 is 0. The third-order valence-corrected chi connectivity index (χ3v) is 4.09. The number of aryl methyl sites for hydroxylation is 1. The fourth-order valence-corrected chi connectivity index (χ4v) is 2.69. The first-order chi connectivity index (χ1) is 12.9. The molecule has 3 rings (SSSR count). The van der Waals surface area contributed by atoms with E-state index in [1.807, 2.05) is 0 Å². The second kappa shape index (κ2) is 7.40. The Kier molecular flexibility index (Phi) is 5.02. The molecular weight excluding hydrogens is 352 g/mol. The van der Waals surface area contributed by atoms with Crippen LogP contribution in [-0.2, 0) is 9.59 Å². The molecule has 9 nitrogen and oxygen atoms in total. The zero-order valence-electron chi connectivity index (χ0n) is 14.8. The average molecular weight is 370 g/mol. The highest BCUT2D eigenvalue weighted by Crippen LogP contribution is 2.22. The smallest absolute Gasteiger partial charge is 0.261 e. The molecule has 0 spiro atoms. The van der Waals surface area contributed by atoms with Gasteiger partial charge in [-0.05, 0) is 26.0 Å². The van der Waals surface area contributed by atoms with Gasteiger partial charge in [-0.3, -0.25) is 24.1 Å². The number of fused-ring (bicyclic) bond motifs is 1. The predicted molar refractivity (Wildman–Crippen MR) is 93.9 cm³/mol. The molecule has 4 amide bonds. The normalized spacial score (nSPS) is 14.1. The lowest BCUT2D eigenvalue weighted by Crippen LogP contribution is -2.43. The largest absolute Gasteiger partial charge is 0.360 e. The van der Waals surface area contributed by atoms with E-state index in [2.05, 4.69) is 15.8 Å². The van der Waals surface area contributed by atoms with Crippen LogP contribution in [0.4, 0.5) is 5.82 Å². The van der Waals surface area contributed by atoms with E-state index in [9.17, 15) is 19.2 Å².